The molecule has 1 aliphatic rings. The second-order valence-electron chi connectivity index (χ2n) is 4.78. The lowest BCUT2D eigenvalue weighted by Crippen LogP contribution is -2.44. The van der Waals surface area contributed by atoms with Gasteiger partial charge in [-0.15, -0.1) is 0 Å². The quantitative estimate of drug-likeness (QED) is 0.678. The Labute approximate surface area is 94.2 Å². The van der Waals surface area contributed by atoms with Gasteiger partial charge in [0.1, 0.15) is 0 Å². The number of nitrogens with one attached hydrogen (secondary N) is 1. The summed E-state index contributed by atoms with van der Waals surface area (Å²) in [7, 11) is 0. The SMILES string of the molecule is CC(C)NCCCCN1CCOCC1C. The first kappa shape index (κ1) is 12.9. The Morgan fingerprint density at radius 3 is 2.87 bits per heavy atom. The monoisotopic (exact) mass is 214 g/mol. The number of hydrogen-bond donors (Lipinski definition) is 1. The van der Waals surface area contributed by atoms with E-state index in [-0.39, 0.29) is 0 Å². The zero-order chi connectivity index (χ0) is 11.1. The summed E-state index contributed by atoms with van der Waals surface area (Å²) in [6, 6.07) is 1.23. The Bertz CT molecular complexity index is 162. The predicted molar refractivity (Wildman–Crippen MR) is 64.2 cm³/mol. The summed E-state index contributed by atoms with van der Waals surface area (Å²) in [4.78, 5) is 2.54. The molecule has 1 unspecified atom stereocenters. The standard InChI is InChI=1S/C12H26N2O/c1-11(2)13-6-4-5-7-14-8-9-15-10-12(14)3/h11-13H,4-10H2,1-3H3. The Balaban J connectivity index is 1.99. The summed E-state index contributed by atoms with van der Waals surface area (Å²) in [6.07, 6.45) is 2.58. The fourth-order valence-electron chi connectivity index (χ4n) is 1.92. The second kappa shape index (κ2) is 7.20. The minimum Gasteiger partial charge on any atom is -0.379 e. The lowest BCUT2D eigenvalue weighted by atomic mass is 10.2. The van der Waals surface area contributed by atoms with Crippen molar-refractivity contribution in [3.05, 3.63) is 0 Å². The van der Waals surface area contributed by atoms with Crippen molar-refractivity contribution in [2.75, 3.05) is 32.8 Å². The number of hydrogen-bond acceptors (Lipinski definition) is 3. The van der Waals surface area contributed by atoms with Gasteiger partial charge >= 0.3 is 0 Å². The number of unbranched alkanes of at least 4 members (excludes halogenated alkanes) is 1. The second-order valence-corrected chi connectivity index (χ2v) is 4.78. The van der Waals surface area contributed by atoms with E-state index < -0.39 is 0 Å². The van der Waals surface area contributed by atoms with Crippen LogP contribution in [-0.2, 0) is 4.74 Å². The maximum atomic E-state index is 5.42. The molecule has 0 aliphatic carbocycles. The highest BCUT2D eigenvalue weighted by Gasteiger charge is 2.17. The minimum atomic E-state index is 0.608. The molecule has 1 atom stereocenters. The molecule has 1 saturated heterocycles. The Morgan fingerprint density at radius 2 is 2.20 bits per heavy atom. The van der Waals surface area contributed by atoms with E-state index in [1.165, 1.54) is 19.4 Å². The van der Waals surface area contributed by atoms with Gasteiger partial charge in [0.25, 0.3) is 0 Å². The number of morpholine rings is 1. The van der Waals surface area contributed by atoms with Crippen LogP contribution in [0.1, 0.15) is 33.6 Å². The third-order valence-electron chi connectivity index (χ3n) is 2.93. The maximum absolute atomic E-state index is 5.42. The molecule has 3 nitrogen and oxygen atoms in total. The van der Waals surface area contributed by atoms with Crippen LogP contribution in [0.15, 0.2) is 0 Å². The van der Waals surface area contributed by atoms with E-state index in [1.807, 2.05) is 0 Å². The topological polar surface area (TPSA) is 24.5 Å². The molecular weight excluding hydrogens is 188 g/mol. The van der Waals surface area contributed by atoms with Crippen molar-refractivity contribution in [1.29, 1.82) is 0 Å². The summed E-state index contributed by atoms with van der Waals surface area (Å²) in [5.74, 6) is 0. The number of ether oxygens (including phenoxy) is 1. The third-order valence-corrected chi connectivity index (χ3v) is 2.93. The first-order valence-corrected chi connectivity index (χ1v) is 6.25. The Morgan fingerprint density at radius 1 is 1.40 bits per heavy atom. The lowest BCUT2D eigenvalue weighted by Gasteiger charge is -2.33. The molecule has 90 valence electrons. The van der Waals surface area contributed by atoms with E-state index >= 15 is 0 Å². The summed E-state index contributed by atoms with van der Waals surface area (Å²) in [5, 5.41) is 3.45. The minimum absolute atomic E-state index is 0.608. The smallest absolute Gasteiger partial charge is 0.0619 e. The summed E-state index contributed by atoms with van der Waals surface area (Å²) >= 11 is 0. The van der Waals surface area contributed by atoms with E-state index in [0.717, 1.165) is 26.3 Å². The highest BCUT2D eigenvalue weighted by atomic mass is 16.5. The molecule has 1 heterocycles. The average Bonchev–Trinajstić information content (AvgIpc) is 2.20. The zero-order valence-corrected chi connectivity index (χ0v) is 10.5. The molecule has 0 bridgehead atoms. The Kier molecular flexibility index (Phi) is 6.22. The molecule has 0 aromatic carbocycles. The van der Waals surface area contributed by atoms with Gasteiger partial charge in [-0.3, -0.25) is 4.90 Å². The fraction of sp³-hybridized carbons (Fsp3) is 1.00. The van der Waals surface area contributed by atoms with Gasteiger partial charge < -0.3 is 10.1 Å². The van der Waals surface area contributed by atoms with Crippen molar-refractivity contribution in [3.8, 4) is 0 Å². The molecule has 0 amide bonds. The van der Waals surface area contributed by atoms with Gasteiger partial charge in [0.05, 0.1) is 13.2 Å². The molecule has 0 aromatic heterocycles. The zero-order valence-electron chi connectivity index (χ0n) is 10.5. The van der Waals surface area contributed by atoms with Crippen molar-refractivity contribution in [3.63, 3.8) is 0 Å². The summed E-state index contributed by atoms with van der Waals surface area (Å²) in [6.45, 7) is 12.0. The molecule has 1 fully saturated rings. The van der Waals surface area contributed by atoms with Gasteiger partial charge in [-0.1, -0.05) is 13.8 Å². The molecule has 3 heteroatoms. The maximum Gasteiger partial charge on any atom is 0.0619 e. The largest absolute Gasteiger partial charge is 0.379 e. The highest BCUT2D eigenvalue weighted by molar-refractivity contribution is 4.70. The van der Waals surface area contributed by atoms with Gasteiger partial charge in [0.2, 0.25) is 0 Å². The lowest BCUT2D eigenvalue weighted by molar-refractivity contribution is -0.000846. The van der Waals surface area contributed by atoms with Crippen LogP contribution in [0.5, 0.6) is 0 Å². The predicted octanol–water partition coefficient (Wildman–Crippen LogP) is 1.49. The van der Waals surface area contributed by atoms with Gasteiger partial charge in [-0.25, -0.2) is 0 Å². The van der Waals surface area contributed by atoms with Crippen LogP contribution >= 0.6 is 0 Å². The van der Waals surface area contributed by atoms with E-state index in [4.69, 9.17) is 4.74 Å². The molecule has 0 saturated carbocycles. The van der Waals surface area contributed by atoms with Crippen LogP contribution in [0.3, 0.4) is 0 Å². The normalized spacial score (nSPS) is 23.6. The fourth-order valence-corrected chi connectivity index (χ4v) is 1.92. The first-order chi connectivity index (χ1) is 7.20. The van der Waals surface area contributed by atoms with Gasteiger partial charge in [0, 0.05) is 18.6 Å². The van der Waals surface area contributed by atoms with Crippen molar-refractivity contribution < 1.29 is 4.74 Å². The van der Waals surface area contributed by atoms with Gasteiger partial charge in [-0.2, -0.15) is 0 Å². The molecule has 1 N–H and O–H groups in total. The van der Waals surface area contributed by atoms with Crippen LogP contribution in [-0.4, -0.2) is 49.8 Å². The molecule has 0 radical (unpaired) electrons. The van der Waals surface area contributed by atoms with E-state index in [2.05, 4.69) is 31.0 Å². The highest BCUT2D eigenvalue weighted by Crippen LogP contribution is 2.07. The number of rotatable bonds is 6. The van der Waals surface area contributed by atoms with Crippen molar-refractivity contribution in [2.24, 2.45) is 0 Å². The van der Waals surface area contributed by atoms with Crippen molar-refractivity contribution in [2.45, 2.75) is 45.7 Å². The molecular formula is C12H26N2O. The van der Waals surface area contributed by atoms with Crippen LogP contribution in [0.25, 0.3) is 0 Å². The Hall–Kier alpha value is -0.120. The third kappa shape index (κ3) is 5.50. The molecule has 1 aliphatic heterocycles. The first-order valence-electron chi connectivity index (χ1n) is 6.25. The molecule has 15 heavy (non-hydrogen) atoms. The van der Waals surface area contributed by atoms with Crippen molar-refractivity contribution >= 4 is 0 Å². The van der Waals surface area contributed by atoms with E-state index in [0.29, 0.717) is 12.1 Å². The average molecular weight is 214 g/mol. The van der Waals surface area contributed by atoms with Gasteiger partial charge in [-0.05, 0) is 32.9 Å². The van der Waals surface area contributed by atoms with Crippen LogP contribution in [0.2, 0.25) is 0 Å². The molecule has 0 spiro atoms. The number of nitrogens with zero attached hydrogens (tertiary/aromatic N) is 1. The summed E-state index contributed by atoms with van der Waals surface area (Å²) in [5.41, 5.74) is 0. The van der Waals surface area contributed by atoms with Gasteiger partial charge in [0.15, 0.2) is 0 Å². The van der Waals surface area contributed by atoms with E-state index in [9.17, 15) is 0 Å². The molecule has 1 rings (SSSR count). The van der Waals surface area contributed by atoms with Crippen molar-refractivity contribution in [1.82, 2.24) is 10.2 Å². The van der Waals surface area contributed by atoms with Crippen LogP contribution in [0, 0.1) is 0 Å². The van der Waals surface area contributed by atoms with Crippen LogP contribution < -0.4 is 5.32 Å². The van der Waals surface area contributed by atoms with Crippen LogP contribution in [0.4, 0.5) is 0 Å². The molecule has 0 aromatic rings. The summed E-state index contributed by atoms with van der Waals surface area (Å²) < 4.78 is 5.42. The van der Waals surface area contributed by atoms with E-state index in [1.54, 1.807) is 0 Å².